The largest absolute Gasteiger partial charge is 0.271 e. The maximum atomic E-state index is 13.3. The highest BCUT2D eigenvalue weighted by Gasteiger charge is 2.10. The van der Waals surface area contributed by atoms with Gasteiger partial charge in [0.1, 0.15) is 5.82 Å². The highest BCUT2D eigenvalue weighted by atomic mass is 32.2. The first-order chi connectivity index (χ1) is 7.19. The van der Waals surface area contributed by atoms with E-state index in [9.17, 15) is 4.39 Å². The van der Waals surface area contributed by atoms with Gasteiger partial charge in [-0.1, -0.05) is 12.1 Å². The molecule has 1 rings (SSSR count). The molecule has 0 heterocycles. The first-order valence-electron chi connectivity index (χ1n) is 4.90. The lowest BCUT2D eigenvalue weighted by Gasteiger charge is -2.16. The van der Waals surface area contributed by atoms with E-state index in [-0.39, 0.29) is 11.9 Å². The second-order valence-electron chi connectivity index (χ2n) is 3.51. The van der Waals surface area contributed by atoms with Crippen LogP contribution in [0.1, 0.15) is 23.6 Å². The summed E-state index contributed by atoms with van der Waals surface area (Å²) in [4.78, 5) is 0. The molecule has 1 atom stereocenters. The lowest BCUT2D eigenvalue weighted by molar-refractivity contribution is 0.535. The molecule has 0 saturated heterocycles. The summed E-state index contributed by atoms with van der Waals surface area (Å²) in [6.07, 6.45) is 2.95. The van der Waals surface area contributed by atoms with Crippen LogP contribution in [0.2, 0.25) is 0 Å². The fourth-order valence-corrected chi connectivity index (χ4v) is 1.88. The number of halogens is 1. The monoisotopic (exact) mass is 228 g/mol. The first kappa shape index (κ1) is 12.5. The summed E-state index contributed by atoms with van der Waals surface area (Å²) in [5.41, 5.74) is 4.30. The van der Waals surface area contributed by atoms with Gasteiger partial charge in [0, 0.05) is 6.04 Å². The molecule has 0 radical (unpaired) electrons. The van der Waals surface area contributed by atoms with Gasteiger partial charge >= 0.3 is 0 Å². The molecule has 84 valence electrons. The zero-order valence-corrected chi connectivity index (χ0v) is 9.90. The van der Waals surface area contributed by atoms with Crippen LogP contribution in [0.15, 0.2) is 18.2 Å². The van der Waals surface area contributed by atoms with E-state index in [4.69, 9.17) is 5.84 Å². The summed E-state index contributed by atoms with van der Waals surface area (Å²) in [6, 6.07) is 5.30. The van der Waals surface area contributed by atoms with Crippen LogP contribution in [0.5, 0.6) is 0 Å². The van der Waals surface area contributed by atoms with E-state index < -0.39 is 0 Å². The van der Waals surface area contributed by atoms with Crippen molar-refractivity contribution in [3.8, 4) is 0 Å². The third kappa shape index (κ3) is 3.48. The van der Waals surface area contributed by atoms with E-state index in [1.807, 2.05) is 12.3 Å². The number of rotatable bonds is 5. The number of thioether (sulfide) groups is 1. The minimum Gasteiger partial charge on any atom is -0.271 e. The van der Waals surface area contributed by atoms with Gasteiger partial charge in [-0.2, -0.15) is 11.8 Å². The number of benzene rings is 1. The summed E-state index contributed by atoms with van der Waals surface area (Å²) in [7, 11) is 0. The predicted octanol–water partition coefficient (Wildman–Crippen LogP) is 2.39. The number of nitrogens with one attached hydrogen (secondary N) is 1. The van der Waals surface area contributed by atoms with Crippen molar-refractivity contribution in [2.75, 3.05) is 12.0 Å². The molecule has 0 aliphatic carbocycles. The molecule has 15 heavy (non-hydrogen) atoms. The Balaban J connectivity index is 2.78. The Morgan fingerprint density at radius 2 is 2.27 bits per heavy atom. The van der Waals surface area contributed by atoms with Gasteiger partial charge in [-0.15, -0.1) is 0 Å². The zero-order chi connectivity index (χ0) is 11.3. The second kappa shape index (κ2) is 6.10. The van der Waals surface area contributed by atoms with Gasteiger partial charge in [-0.05, 0) is 42.5 Å². The average Bonchev–Trinajstić information content (AvgIpc) is 2.24. The highest BCUT2D eigenvalue weighted by molar-refractivity contribution is 7.98. The van der Waals surface area contributed by atoms with Gasteiger partial charge in [-0.25, -0.2) is 4.39 Å². The van der Waals surface area contributed by atoms with Crippen LogP contribution in [0.4, 0.5) is 4.39 Å². The van der Waals surface area contributed by atoms with E-state index in [0.717, 1.165) is 17.7 Å². The molecule has 0 saturated carbocycles. The van der Waals surface area contributed by atoms with Crippen molar-refractivity contribution in [1.29, 1.82) is 0 Å². The van der Waals surface area contributed by atoms with Gasteiger partial charge in [0.15, 0.2) is 0 Å². The molecule has 0 aliphatic rings. The molecule has 1 aromatic rings. The fourth-order valence-electron chi connectivity index (χ4n) is 1.41. The standard InChI is InChI=1S/C11H17FN2S/c1-8-3-4-9(7-10(8)12)11(14-13)5-6-15-2/h3-4,7,11,14H,5-6,13H2,1-2H3. The number of hydrazine groups is 1. The Hall–Kier alpha value is -0.580. The SMILES string of the molecule is CSCCC(NN)c1ccc(C)c(F)c1. The normalized spacial score (nSPS) is 12.8. The summed E-state index contributed by atoms with van der Waals surface area (Å²) < 4.78 is 13.3. The van der Waals surface area contributed by atoms with Crippen LogP contribution < -0.4 is 11.3 Å². The Morgan fingerprint density at radius 3 is 2.80 bits per heavy atom. The van der Waals surface area contributed by atoms with Crippen LogP contribution in [0.25, 0.3) is 0 Å². The molecular weight excluding hydrogens is 211 g/mol. The van der Waals surface area contributed by atoms with Crippen LogP contribution in [-0.2, 0) is 0 Å². The van der Waals surface area contributed by atoms with Crippen LogP contribution in [0.3, 0.4) is 0 Å². The number of hydrogen-bond acceptors (Lipinski definition) is 3. The Bertz CT molecular complexity index is 317. The molecule has 1 unspecified atom stereocenters. The average molecular weight is 228 g/mol. The Labute approximate surface area is 94.4 Å². The smallest absolute Gasteiger partial charge is 0.126 e. The molecule has 1 aromatic carbocycles. The van der Waals surface area contributed by atoms with Crippen LogP contribution >= 0.6 is 11.8 Å². The molecule has 3 N–H and O–H groups in total. The summed E-state index contributed by atoms with van der Waals surface area (Å²) in [5, 5.41) is 0. The lowest BCUT2D eigenvalue weighted by Crippen LogP contribution is -2.28. The van der Waals surface area contributed by atoms with Gasteiger partial charge in [0.25, 0.3) is 0 Å². The topological polar surface area (TPSA) is 38.0 Å². The third-order valence-corrected chi connectivity index (χ3v) is 3.05. The van der Waals surface area contributed by atoms with E-state index in [2.05, 4.69) is 5.43 Å². The van der Waals surface area contributed by atoms with Crippen molar-refractivity contribution in [1.82, 2.24) is 5.43 Å². The van der Waals surface area contributed by atoms with E-state index in [1.165, 1.54) is 0 Å². The van der Waals surface area contributed by atoms with Gasteiger partial charge in [0.2, 0.25) is 0 Å². The van der Waals surface area contributed by atoms with E-state index in [0.29, 0.717) is 5.56 Å². The third-order valence-electron chi connectivity index (χ3n) is 2.41. The van der Waals surface area contributed by atoms with E-state index in [1.54, 1.807) is 30.8 Å². The molecule has 0 spiro atoms. The maximum Gasteiger partial charge on any atom is 0.126 e. The summed E-state index contributed by atoms with van der Waals surface area (Å²) in [5.74, 6) is 6.29. The van der Waals surface area contributed by atoms with Crippen molar-refractivity contribution >= 4 is 11.8 Å². The molecule has 0 bridgehead atoms. The highest BCUT2D eigenvalue weighted by Crippen LogP contribution is 2.20. The van der Waals surface area contributed by atoms with Gasteiger partial charge in [0.05, 0.1) is 0 Å². The van der Waals surface area contributed by atoms with Gasteiger partial charge < -0.3 is 0 Å². The van der Waals surface area contributed by atoms with Crippen molar-refractivity contribution in [3.05, 3.63) is 35.1 Å². The van der Waals surface area contributed by atoms with Crippen molar-refractivity contribution in [2.45, 2.75) is 19.4 Å². The molecule has 0 aliphatic heterocycles. The van der Waals surface area contributed by atoms with Crippen LogP contribution in [0, 0.1) is 12.7 Å². The van der Waals surface area contributed by atoms with Crippen molar-refractivity contribution < 1.29 is 4.39 Å². The first-order valence-corrected chi connectivity index (χ1v) is 6.29. The minimum absolute atomic E-state index is 0.0348. The predicted molar refractivity (Wildman–Crippen MR) is 64.2 cm³/mol. The minimum atomic E-state index is -0.170. The van der Waals surface area contributed by atoms with E-state index >= 15 is 0 Å². The Kier molecular flexibility index (Phi) is 5.08. The second-order valence-corrected chi connectivity index (χ2v) is 4.49. The lowest BCUT2D eigenvalue weighted by atomic mass is 10.0. The molecule has 0 fully saturated rings. The van der Waals surface area contributed by atoms with Crippen molar-refractivity contribution in [3.63, 3.8) is 0 Å². The quantitative estimate of drug-likeness (QED) is 0.600. The van der Waals surface area contributed by atoms with Crippen molar-refractivity contribution in [2.24, 2.45) is 5.84 Å². The van der Waals surface area contributed by atoms with Gasteiger partial charge in [-0.3, -0.25) is 11.3 Å². The molecule has 0 amide bonds. The fraction of sp³-hybridized carbons (Fsp3) is 0.455. The summed E-state index contributed by atoms with van der Waals surface area (Å²) >= 11 is 1.76. The zero-order valence-electron chi connectivity index (χ0n) is 9.09. The molecule has 2 nitrogen and oxygen atoms in total. The number of nitrogens with two attached hydrogens (primary N) is 1. The number of aryl methyl sites for hydroxylation is 1. The summed E-state index contributed by atoms with van der Waals surface area (Å²) in [6.45, 7) is 1.76. The molecule has 4 heteroatoms. The Morgan fingerprint density at radius 1 is 1.53 bits per heavy atom. The molecule has 0 aromatic heterocycles. The van der Waals surface area contributed by atoms with Crippen LogP contribution in [-0.4, -0.2) is 12.0 Å². The number of hydrogen-bond donors (Lipinski definition) is 2. The maximum absolute atomic E-state index is 13.3. The molecular formula is C11H17FN2S.